The molecule has 3 aliphatic rings. The fraction of sp³-hybridized carbons (Fsp3) is 0.411. The number of nitrogens with zero attached hydrogens (tertiary/aromatic N) is 7. The predicted octanol–water partition coefficient (Wildman–Crippen LogP) is 15.3. The summed E-state index contributed by atoms with van der Waals surface area (Å²) in [5.74, 6) is -0.942. The summed E-state index contributed by atoms with van der Waals surface area (Å²) < 4.78 is 152. The van der Waals surface area contributed by atoms with E-state index in [0.717, 1.165) is 156 Å². The first-order valence-electron chi connectivity index (χ1n) is 35.0. The van der Waals surface area contributed by atoms with Gasteiger partial charge in [0.1, 0.15) is 55.1 Å². The number of methoxy groups -OCH3 is 4. The summed E-state index contributed by atoms with van der Waals surface area (Å²) in [7, 11) is -1.62. The quantitative estimate of drug-likeness (QED) is 0.0217. The van der Waals surface area contributed by atoms with Crippen LogP contribution >= 0.6 is 80.4 Å². The van der Waals surface area contributed by atoms with Gasteiger partial charge in [-0.1, -0.05) is 73.3 Å². The van der Waals surface area contributed by atoms with E-state index in [1.165, 1.54) is 67.8 Å². The second-order valence-electron chi connectivity index (χ2n) is 25.7. The van der Waals surface area contributed by atoms with Gasteiger partial charge in [0, 0.05) is 117 Å². The van der Waals surface area contributed by atoms with Gasteiger partial charge in [0.05, 0.1) is 85.7 Å². The number of hydrogen-bond donors (Lipinski definition) is 6. The summed E-state index contributed by atoms with van der Waals surface area (Å²) in [6.07, 6.45) is 15.6. The maximum atomic E-state index is 15.6. The van der Waals surface area contributed by atoms with Crippen molar-refractivity contribution in [1.29, 1.82) is 0 Å². The van der Waals surface area contributed by atoms with Crippen molar-refractivity contribution in [1.82, 2.24) is 30.1 Å². The highest BCUT2D eigenvalue weighted by molar-refractivity contribution is 7.93. The van der Waals surface area contributed by atoms with Crippen LogP contribution in [-0.4, -0.2) is 164 Å². The first kappa shape index (κ1) is 92.0. The molecule has 113 heavy (non-hydrogen) atoms. The number of carbonyl (C=O) groups excluding carboxylic acids is 3. The molecule has 0 bridgehead atoms. The summed E-state index contributed by atoms with van der Waals surface area (Å²) in [6.45, 7) is 3.76. The zero-order valence-electron chi connectivity index (χ0n) is 63.2. The number of ether oxygens (including phenoxy) is 4. The lowest BCUT2D eigenvalue weighted by atomic mass is 9.89. The van der Waals surface area contributed by atoms with Crippen molar-refractivity contribution in [3.63, 3.8) is 0 Å². The van der Waals surface area contributed by atoms with Gasteiger partial charge in [-0.3, -0.25) is 23.9 Å². The molecule has 0 aliphatic heterocycles. The minimum absolute atomic E-state index is 0.0457. The van der Waals surface area contributed by atoms with E-state index >= 15 is 8.78 Å². The number of halogens is 7. The van der Waals surface area contributed by atoms with Crippen LogP contribution in [0.4, 0.5) is 45.6 Å². The molecule has 27 nitrogen and oxygen atoms in total. The number of sulfonamides is 3. The van der Waals surface area contributed by atoms with Crippen molar-refractivity contribution in [2.45, 2.75) is 162 Å². The van der Waals surface area contributed by atoms with Crippen molar-refractivity contribution in [2.75, 3.05) is 78.9 Å². The Kier molecular flexibility index (Phi) is 35.0. The Bertz CT molecular complexity index is 4860. The number of anilines is 6. The molecule has 3 aliphatic carbocycles. The molecule has 3 fully saturated rings. The molecule has 616 valence electrons. The van der Waals surface area contributed by atoms with Gasteiger partial charge in [-0.05, 0) is 118 Å². The average molecular weight is 1770 g/mol. The Labute approximate surface area is 688 Å². The third-order valence-electron chi connectivity index (χ3n) is 18.6. The van der Waals surface area contributed by atoms with E-state index in [0.29, 0.717) is 45.5 Å². The molecule has 6 N–H and O–H groups in total. The van der Waals surface area contributed by atoms with Gasteiger partial charge in [0.2, 0.25) is 17.1 Å². The van der Waals surface area contributed by atoms with Crippen LogP contribution in [0.1, 0.15) is 109 Å². The number of benzene rings is 5. The van der Waals surface area contributed by atoms with Crippen molar-refractivity contribution in [3.05, 3.63) is 151 Å². The van der Waals surface area contributed by atoms with Gasteiger partial charge in [-0.15, -0.1) is 34.0 Å². The molecule has 40 heteroatoms. The summed E-state index contributed by atoms with van der Waals surface area (Å²) >= 11 is 27.3. The second kappa shape index (κ2) is 43.0. The van der Waals surface area contributed by atoms with Gasteiger partial charge in [-0.25, -0.2) is 62.0 Å². The molecule has 0 spiro atoms. The van der Waals surface area contributed by atoms with Gasteiger partial charge < -0.3 is 55.1 Å². The number of likely N-dealkylation sites (N-methyl/N-ethyl adjacent to an activating group) is 3. The van der Waals surface area contributed by atoms with Gasteiger partial charge in [0.25, 0.3) is 36.5 Å². The number of hydrogen-bond acceptors (Lipinski definition) is 24. The van der Waals surface area contributed by atoms with E-state index in [1.54, 1.807) is 76.4 Å². The van der Waals surface area contributed by atoms with Crippen LogP contribution in [0.5, 0.6) is 23.0 Å². The highest BCUT2D eigenvalue weighted by Crippen LogP contribution is 2.41. The monoisotopic (exact) mass is 1760 g/mol. The standard InChI is InChI=1S/C27H32ClFN4O5S2.C25H30ClFN4O4S2.C18H22ClFN4O3S2.C2H3ClO.CH2O2/c1-17(34)32(2)24-8-6-5-7-22(24)31-23-15-21(29)26(14-20(23)28)40(35,36)33(27-30-11-12-39-27)16-18-9-10-19(37-3)13-25(18)38-4;1-28-20-6-4-5-7-21(20)30-22-14-19(27)24(13-18(22)26)37(32,33)31(25-29-10-11-36-25)15-16-8-9-17(34-2)12-23(16)35-3;1-11(25)24(2)16-6-4-3-5-14(16)22-15-10-13(20)17(9-12(15)19)29(26,27)23-18-21-7-8-28-18;1-2(3)4;2-1-3/h9-15,22,24,31H,5-8,16H2,1-4H3;8-14,20-21,28,30H,4-7,15H2,1-3H3;7-10,14,16,22H,3-6H2,1-2H3,(H,21,23);1H3;1H,(H,2,3)/t22-,24-;20-,21-;14-,16-;;/m000../s1. The third kappa shape index (κ3) is 24.7. The smallest absolute Gasteiger partial charge is 0.290 e. The summed E-state index contributed by atoms with van der Waals surface area (Å²) in [5, 5.41) is 25.2. The van der Waals surface area contributed by atoms with Gasteiger partial charge in [-0.2, -0.15) is 0 Å². The molecule has 0 saturated heterocycles. The van der Waals surface area contributed by atoms with Crippen LogP contribution in [0, 0.1) is 17.5 Å². The molecule has 0 unspecified atom stereocenters. The SMILES string of the molecule is CC(=O)Cl.CC(=O)N(C)[C@H]1CCCC[C@@H]1Nc1cc(F)c(S(=O)(=O)Nc2nccs2)cc1Cl.CN[C@H]1CCCC[C@@H]1Nc1cc(F)c(S(=O)(=O)N(Cc2ccc(OC)cc2OC)c2nccs2)cc1Cl.COc1ccc(CN(c2nccs2)S(=O)(=O)c2cc(Cl)c(N[C@H]3CCCC[C@@H]3N(C)C(C)=O)cc2F)c(OC)c1.O=CO. The summed E-state index contributed by atoms with van der Waals surface area (Å²) in [5.41, 5.74) is 2.02. The number of carboxylic acid groups (broad SMARTS) is 1. The van der Waals surface area contributed by atoms with E-state index in [2.05, 4.69) is 52.5 Å². The van der Waals surface area contributed by atoms with Gasteiger partial charge in [0.15, 0.2) is 15.4 Å². The first-order chi connectivity index (χ1) is 53.7. The normalized spacial score (nSPS) is 17.3. The van der Waals surface area contributed by atoms with Crippen LogP contribution in [0.3, 0.4) is 0 Å². The Morgan fingerprint density at radius 2 is 0.876 bits per heavy atom. The molecule has 5 aromatic carbocycles. The number of thiazole rings is 3. The molecule has 2 amide bonds. The Morgan fingerprint density at radius 1 is 0.531 bits per heavy atom. The first-order valence-corrected chi connectivity index (χ1v) is 43.5. The van der Waals surface area contributed by atoms with Crippen LogP contribution in [0.15, 0.2) is 122 Å². The Balaban J connectivity index is 0.000000228. The van der Waals surface area contributed by atoms with Crippen molar-refractivity contribution in [2.24, 2.45) is 0 Å². The summed E-state index contributed by atoms with van der Waals surface area (Å²) in [6, 6.07) is 16.7. The molecular formula is C73H89Cl4F3N12O15S6. The summed E-state index contributed by atoms with van der Waals surface area (Å²) in [4.78, 5) is 55.3. The van der Waals surface area contributed by atoms with Crippen molar-refractivity contribution >= 4 is 166 Å². The maximum Gasteiger partial charge on any atom is 0.290 e. The topological polar surface area (TPSA) is 340 Å². The molecule has 11 rings (SSSR count). The van der Waals surface area contributed by atoms with Crippen LogP contribution in [0.2, 0.25) is 15.1 Å². The predicted molar refractivity (Wildman–Crippen MR) is 437 cm³/mol. The molecule has 0 radical (unpaired) electrons. The highest BCUT2D eigenvalue weighted by Gasteiger charge is 2.37. The number of aromatic nitrogens is 3. The minimum Gasteiger partial charge on any atom is -0.497 e. The lowest BCUT2D eigenvalue weighted by molar-refractivity contribution is -0.131. The van der Waals surface area contributed by atoms with Gasteiger partial charge >= 0.3 is 0 Å². The van der Waals surface area contributed by atoms with E-state index in [4.69, 9.17) is 63.7 Å². The van der Waals surface area contributed by atoms with E-state index in [-0.39, 0.29) is 109 Å². The Morgan fingerprint density at radius 3 is 1.22 bits per heavy atom. The zero-order valence-corrected chi connectivity index (χ0v) is 71.1. The van der Waals surface area contributed by atoms with E-state index in [1.807, 2.05) is 7.05 Å². The molecular weight excluding hydrogens is 1680 g/mol. The lowest BCUT2D eigenvalue weighted by Crippen LogP contribution is -2.48. The zero-order chi connectivity index (χ0) is 83.1. The van der Waals surface area contributed by atoms with E-state index in [9.17, 15) is 44.0 Å². The lowest BCUT2D eigenvalue weighted by Gasteiger charge is -2.38. The molecule has 3 heterocycles. The maximum absolute atomic E-state index is 15.6. The van der Waals surface area contributed by atoms with Crippen molar-refractivity contribution in [3.8, 4) is 23.0 Å². The highest BCUT2D eigenvalue weighted by atomic mass is 35.5. The van der Waals surface area contributed by atoms with E-state index < -0.39 is 62.2 Å². The average Bonchev–Trinajstić information content (AvgIpc) is 1.75. The minimum atomic E-state index is -4.45. The molecule has 3 aromatic heterocycles. The molecule has 3 saturated carbocycles. The molecule has 8 aromatic rings. The number of carbonyl (C=O) groups is 4. The van der Waals surface area contributed by atoms with Crippen LogP contribution < -0.4 is 53.5 Å². The van der Waals surface area contributed by atoms with Crippen molar-refractivity contribution < 1.29 is 81.7 Å². The fourth-order valence-corrected chi connectivity index (χ4v) is 20.3. The number of amides is 2. The van der Waals surface area contributed by atoms with Crippen LogP contribution in [-0.2, 0) is 62.3 Å². The molecule has 6 atom stereocenters. The second-order valence-corrected chi connectivity index (χ2v) is 35.4. The van der Waals surface area contributed by atoms with Crippen LogP contribution in [0.25, 0.3) is 0 Å². The fourth-order valence-electron chi connectivity index (χ4n) is 12.9. The largest absolute Gasteiger partial charge is 0.497 e. The Hall–Kier alpha value is -8.17. The number of rotatable bonds is 26. The third-order valence-corrected chi connectivity index (χ3v) is 27.1. The number of nitrogens with one attached hydrogen (secondary N) is 5.